The Kier molecular flexibility index (Phi) is 8.73. The van der Waals surface area contributed by atoms with Crippen LogP contribution in [0.15, 0.2) is 47.6 Å². The van der Waals surface area contributed by atoms with Gasteiger partial charge >= 0.3 is 0 Å². The number of benzene rings is 2. The van der Waals surface area contributed by atoms with Crippen LogP contribution in [0.2, 0.25) is 0 Å². The number of anilines is 1. The highest BCUT2D eigenvalue weighted by Gasteiger charge is 2.35. The van der Waals surface area contributed by atoms with Crippen molar-refractivity contribution in [3.8, 4) is 11.5 Å². The maximum absolute atomic E-state index is 12.6. The molecule has 0 spiro atoms. The van der Waals surface area contributed by atoms with Crippen LogP contribution in [0.1, 0.15) is 24.5 Å². The minimum atomic E-state index is -0.482. The van der Waals surface area contributed by atoms with Crippen LogP contribution < -0.4 is 19.8 Å². The van der Waals surface area contributed by atoms with Crippen LogP contribution in [0.4, 0.5) is 5.69 Å². The van der Waals surface area contributed by atoms with Crippen molar-refractivity contribution < 1.29 is 28.6 Å². The molecule has 196 valence electrons. The van der Waals surface area contributed by atoms with Gasteiger partial charge in [-0.3, -0.25) is 14.4 Å². The molecule has 3 amide bonds. The third kappa shape index (κ3) is 6.85. The summed E-state index contributed by atoms with van der Waals surface area (Å²) in [6.45, 7) is 6.64. The largest absolute Gasteiger partial charge is 0.490 e. The standard InChI is InChI=1S/C27H32N4O6/c1-3-36-24-14-20(6-9-23(24)37-18-26(33)30-10-12-35-13-11-30)16-28-29-27(34)21-15-25(32)31(17-21)22-7-4-19(2)5-8-22/h4-9,14,16,21H,3,10-13,15,17-18H2,1-2H3,(H,29,34)/b28-16+/t21-/m1/s1. The number of hydrazone groups is 1. The zero-order valence-corrected chi connectivity index (χ0v) is 21.1. The summed E-state index contributed by atoms with van der Waals surface area (Å²) < 4.78 is 16.7. The number of nitrogens with zero attached hydrogens (tertiary/aromatic N) is 3. The molecule has 0 aromatic heterocycles. The summed E-state index contributed by atoms with van der Waals surface area (Å²) in [5, 5.41) is 4.06. The molecule has 1 atom stereocenters. The second-order valence-electron chi connectivity index (χ2n) is 8.90. The number of nitrogens with one attached hydrogen (secondary N) is 1. The number of hydrogen-bond acceptors (Lipinski definition) is 7. The van der Waals surface area contributed by atoms with Gasteiger partial charge in [-0.1, -0.05) is 17.7 Å². The van der Waals surface area contributed by atoms with Crippen molar-refractivity contribution in [2.24, 2.45) is 11.0 Å². The first-order chi connectivity index (χ1) is 17.9. The van der Waals surface area contributed by atoms with Gasteiger partial charge in [0.2, 0.25) is 11.8 Å². The first-order valence-corrected chi connectivity index (χ1v) is 12.4. The lowest BCUT2D eigenvalue weighted by Gasteiger charge is -2.26. The van der Waals surface area contributed by atoms with Crippen LogP contribution in [0, 0.1) is 12.8 Å². The third-order valence-electron chi connectivity index (χ3n) is 6.21. The molecule has 2 heterocycles. The van der Waals surface area contributed by atoms with Crippen LogP contribution in [0.25, 0.3) is 0 Å². The van der Waals surface area contributed by atoms with Gasteiger partial charge in [0.15, 0.2) is 18.1 Å². The Balaban J connectivity index is 1.32. The van der Waals surface area contributed by atoms with E-state index in [2.05, 4.69) is 10.5 Å². The van der Waals surface area contributed by atoms with Gasteiger partial charge in [-0.05, 0) is 49.7 Å². The second-order valence-corrected chi connectivity index (χ2v) is 8.90. The molecule has 37 heavy (non-hydrogen) atoms. The van der Waals surface area contributed by atoms with E-state index in [4.69, 9.17) is 14.2 Å². The summed E-state index contributed by atoms with van der Waals surface area (Å²) in [4.78, 5) is 40.8. The average Bonchev–Trinajstić information content (AvgIpc) is 3.30. The maximum atomic E-state index is 12.6. The Labute approximate surface area is 216 Å². The van der Waals surface area contributed by atoms with Crippen molar-refractivity contribution in [1.82, 2.24) is 10.3 Å². The lowest BCUT2D eigenvalue weighted by Crippen LogP contribution is -2.43. The minimum Gasteiger partial charge on any atom is -0.490 e. The van der Waals surface area contributed by atoms with Gasteiger partial charge in [-0.2, -0.15) is 5.10 Å². The lowest BCUT2D eigenvalue weighted by atomic mass is 10.1. The third-order valence-corrected chi connectivity index (χ3v) is 6.21. The van der Waals surface area contributed by atoms with E-state index in [1.165, 1.54) is 6.21 Å². The molecule has 0 saturated carbocycles. The molecule has 2 fully saturated rings. The van der Waals surface area contributed by atoms with Crippen molar-refractivity contribution in [3.63, 3.8) is 0 Å². The van der Waals surface area contributed by atoms with Crippen molar-refractivity contribution in [3.05, 3.63) is 53.6 Å². The van der Waals surface area contributed by atoms with Crippen molar-refractivity contribution >= 4 is 29.6 Å². The highest BCUT2D eigenvalue weighted by atomic mass is 16.5. The summed E-state index contributed by atoms with van der Waals surface area (Å²) in [5.41, 5.74) is 5.10. The number of ether oxygens (including phenoxy) is 3. The zero-order chi connectivity index (χ0) is 26.2. The zero-order valence-electron chi connectivity index (χ0n) is 21.1. The summed E-state index contributed by atoms with van der Waals surface area (Å²) in [6, 6.07) is 12.8. The molecule has 10 nitrogen and oxygen atoms in total. The average molecular weight is 509 g/mol. The van der Waals surface area contributed by atoms with Gasteiger partial charge in [0.05, 0.1) is 32.0 Å². The summed E-state index contributed by atoms with van der Waals surface area (Å²) in [7, 11) is 0. The summed E-state index contributed by atoms with van der Waals surface area (Å²) in [6.07, 6.45) is 1.64. The van der Waals surface area contributed by atoms with Crippen LogP contribution in [-0.4, -0.2) is 74.9 Å². The Hall–Kier alpha value is -3.92. The van der Waals surface area contributed by atoms with E-state index in [1.54, 1.807) is 28.0 Å². The molecular weight excluding hydrogens is 476 g/mol. The number of carbonyl (C=O) groups is 3. The Morgan fingerprint density at radius 1 is 1.11 bits per heavy atom. The van der Waals surface area contributed by atoms with E-state index < -0.39 is 5.92 Å². The molecule has 10 heteroatoms. The van der Waals surface area contributed by atoms with Crippen molar-refractivity contribution in [2.75, 3.05) is 51.0 Å². The monoisotopic (exact) mass is 508 g/mol. The number of carbonyl (C=O) groups excluding carboxylic acids is 3. The molecule has 2 aromatic carbocycles. The van der Waals surface area contributed by atoms with E-state index >= 15 is 0 Å². The highest BCUT2D eigenvalue weighted by Crippen LogP contribution is 2.28. The molecule has 0 unspecified atom stereocenters. The van der Waals surface area contributed by atoms with E-state index in [1.807, 2.05) is 38.1 Å². The minimum absolute atomic E-state index is 0.0861. The fourth-order valence-corrected chi connectivity index (χ4v) is 4.16. The Morgan fingerprint density at radius 2 is 1.86 bits per heavy atom. The first kappa shape index (κ1) is 26.2. The SMILES string of the molecule is CCOc1cc(/C=N/NC(=O)[C@@H]2CC(=O)N(c3ccc(C)cc3)C2)ccc1OCC(=O)N1CCOCC1. The second kappa shape index (κ2) is 12.4. The quantitative estimate of drug-likeness (QED) is 0.411. The van der Waals surface area contributed by atoms with E-state index in [0.29, 0.717) is 56.5 Å². The molecule has 0 aliphatic carbocycles. The topological polar surface area (TPSA) is 110 Å². The molecule has 2 aromatic rings. The Bertz CT molecular complexity index is 1140. The number of hydrogen-bond donors (Lipinski definition) is 1. The maximum Gasteiger partial charge on any atom is 0.260 e. The first-order valence-electron chi connectivity index (χ1n) is 12.4. The molecule has 2 aliphatic heterocycles. The van der Waals surface area contributed by atoms with Crippen molar-refractivity contribution in [2.45, 2.75) is 20.3 Å². The van der Waals surface area contributed by atoms with Gasteiger partial charge in [0, 0.05) is 31.7 Å². The lowest BCUT2D eigenvalue weighted by molar-refractivity contribution is -0.137. The molecule has 2 saturated heterocycles. The molecule has 0 radical (unpaired) electrons. The predicted octanol–water partition coefficient (Wildman–Crippen LogP) is 2.13. The number of aryl methyl sites for hydroxylation is 1. The summed E-state index contributed by atoms with van der Waals surface area (Å²) in [5.74, 6) is -0.0639. The van der Waals surface area contributed by atoms with Crippen molar-refractivity contribution in [1.29, 1.82) is 0 Å². The molecular formula is C27H32N4O6. The number of rotatable bonds is 9. The summed E-state index contributed by atoms with van der Waals surface area (Å²) >= 11 is 0. The van der Waals surface area contributed by atoms with Gasteiger partial charge < -0.3 is 24.0 Å². The van der Waals surface area contributed by atoms with Gasteiger partial charge in [-0.15, -0.1) is 0 Å². The fourth-order valence-electron chi connectivity index (χ4n) is 4.16. The molecule has 0 bridgehead atoms. The van der Waals surface area contributed by atoms with Gasteiger partial charge in [-0.25, -0.2) is 5.43 Å². The van der Waals surface area contributed by atoms with E-state index in [-0.39, 0.29) is 30.7 Å². The molecule has 4 rings (SSSR count). The smallest absolute Gasteiger partial charge is 0.260 e. The molecule has 2 aliphatic rings. The van der Waals surface area contributed by atoms with Gasteiger partial charge in [0.25, 0.3) is 5.91 Å². The van der Waals surface area contributed by atoms with Crippen LogP contribution in [0.5, 0.6) is 11.5 Å². The number of morpholine rings is 1. The van der Waals surface area contributed by atoms with Crippen LogP contribution >= 0.6 is 0 Å². The normalized spacial score (nSPS) is 17.8. The van der Waals surface area contributed by atoms with Gasteiger partial charge in [0.1, 0.15) is 0 Å². The Morgan fingerprint density at radius 3 is 2.59 bits per heavy atom. The van der Waals surface area contributed by atoms with E-state index in [9.17, 15) is 14.4 Å². The highest BCUT2D eigenvalue weighted by molar-refractivity contribution is 6.00. The number of amides is 3. The molecule has 1 N–H and O–H groups in total. The fraction of sp³-hybridized carbons (Fsp3) is 0.407. The van der Waals surface area contributed by atoms with Crippen LogP contribution in [0.3, 0.4) is 0 Å². The van der Waals surface area contributed by atoms with E-state index in [0.717, 1.165) is 11.3 Å². The van der Waals surface area contributed by atoms with Crippen LogP contribution in [-0.2, 0) is 19.1 Å². The predicted molar refractivity (Wildman–Crippen MR) is 138 cm³/mol.